The van der Waals surface area contributed by atoms with Crippen LogP contribution >= 0.6 is 11.8 Å². The normalized spacial score (nSPS) is 11.4. The number of unbranched alkanes of at least 4 members (excludes halogenated alkanes) is 1. The number of nitrogens with zero attached hydrogens (tertiary/aromatic N) is 4. The van der Waals surface area contributed by atoms with Gasteiger partial charge < -0.3 is 11.2 Å². The second-order valence-electron chi connectivity index (χ2n) is 5.69. The molecular formula is C15H17F3N6O3S. The van der Waals surface area contributed by atoms with Gasteiger partial charge >= 0.3 is 6.18 Å². The zero-order chi connectivity index (χ0) is 20.9. The summed E-state index contributed by atoms with van der Waals surface area (Å²) in [4.78, 5) is 21.8. The van der Waals surface area contributed by atoms with E-state index in [0.717, 1.165) is 36.7 Å². The first-order valence-corrected chi connectivity index (χ1v) is 9.09. The summed E-state index contributed by atoms with van der Waals surface area (Å²) < 4.78 is 40.6. The topological polar surface area (TPSA) is 129 Å². The third kappa shape index (κ3) is 5.34. The van der Waals surface area contributed by atoms with Crippen molar-refractivity contribution in [2.75, 3.05) is 16.9 Å². The maximum atomic E-state index is 13.1. The molecule has 0 saturated carbocycles. The monoisotopic (exact) mass is 418 g/mol. The van der Waals surface area contributed by atoms with E-state index in [9.17, 15) is 28.1 Å². The molecule has 0 fully saturated rings. The molecule has 28 heavy (non-hydrogen) atoms. The quantitative estimate of drug-likeness (QED) is 0.292. The number of hydrogen-bond acceptors (Lipinski definition) is 7. The Labute approximate surface area is 161 Å². The number of benzene rings is 1. The minimum atomic E-state index is -4.87. The van der Waals surface area contributed by atoms with Gasteiger partial charge in [-0.15, -0.1) is 10.2 Å². The third-order valence-corrected chi connectivity index (χ3v) is 4.56. The number of nitro groups is 1. The number of nitrogens with two attached hydrogens (primary N) is 1. The Kier molecular flexibility index (Phi) is 6.83. The minimum Gasteiger partial charge on any atom is -0.336 e. The van der Waals surface area contributed by atoms with Gasteiger partial charge in [-0.05, 0) is 12.5 Å². The maximum absolute atomic E-state index is 13.1. The highest BCUT2D eigenvalue weighted by atomic mass is 32.2. The molecule has 1 amide bonds. The number of rotatable bonds is 8. The third-order valence-electron chi connectivity index (χ3n) is 3.61. The Morgan fingerprint density at radius 2 is 2.11 bits per heavy atom. The van der Waals surface area contributed by atoms with Crippen LogP contribution in [0.15, 0.2) is 23.4 Å². The van der Waals surface area contributed by atoms with Gasteiger partial charge in [0.05, 0.1) is 21.9 Å². The number of anilines is 1. The average molecular weight is 418 g/mol. The molecule has 2 aromatic rings. The molecule has 152 valence electrons. The largest absolute Gasteiger partial charge is 0.418 e. The van der Waals surface area contributed by atoms with Crippen molar-refractivity contribution in [2.45, 2.75) is 37.5 Å². The molecule has 0 aliphatic carbocycles. The maximum Gasteiger partial charge on any atom is 0.418 e. The van der Waals surface area contributed by atoms with Crippen LogP contribution in [-0.2, 0) is 17.4 Å². The van der Waals surface area contributed by atoms with Crippen LogP contribution in [0.4, 0.5) is 24.5 Å². The molecule has 2 rings (SSSR count). The van der Waals surface area contributed by atoms with Crippen molar-refractivity contribution >= 4 is 29.0 Å². The van der Waals surface area contributed by atoms with Crippen LogP contribution in [0.3, 0.4) is 0 Å². The number of nitrogen functional groups attached to an aromatic ring is 1. The summed E-state index contributed by atoms with van der Waals surface area (Å²) in [7, 11) is 0. The highest BCUT2D eigenvalue weighted by molar-refractivity contribution is 7.99. The first-order valence-electron chi connectivity index (χ1n) is 8.11. The molecule has 1 heterocycles. The zero-order valence-electron chi connectivity index (χ0n) is 14.7. The van der Waals surface area contributed by atoms with Gasteiger partial charge in [0.1, 0.15) is 0 Å². The molecule has 1 aromatic heterocycles. The van der Waals surface area contributed by atoms with E-state index in [4.69, 9.17) is 5.84 Å². The van der Waals surface area contributed by atoms with Gasteiger partial charge in [-0.25, -0.2) is 4.68 Å². The number of aryl methyl sites for hydroxylation is 1. The lowest BCUT2D eigenvalue weighted by Crippen LogP contribution is -2.19. The summed E-state index contributed by atoms with van der Waals surface area (Å²) in [6.45, 7) is 2.00. The molecule has 13 heteroatoms. The SMILES string of the molecule is CCCCc1nnc(SCC(=O)Nc2ccc([N+](=O)[O-])cc2C(F)(F)F)n1N. The molecule has 1 aromatic carbocycles. The molecule has 0 saturated heterocycles. The first kappa shape index (κ1) is 21.5. The summed E-state index contributed by atoms with van der Waals surface area (Å²) in [6.07, 6.45) is -2.45. The molecule has 0 bridgehead atoms. The lowest BCUT2D eigenvalue weighted by atomic mass is 10.1. The fourth-order valence-corrected chi connectivity index (χ4v) is 2.89. The number of carbonyl (C=O) groups is 1. The summed E-state index contributed by atoms with van der Waals surface area (Å²) in [5.41, 5.74) is -2.60. The Bertz CT molecular complexity index is 871. The standard InChI is InChI=1S/C15H17F3N6O3S/c1-2-3-4-12-21-22-14(23(12)19)28-8-13(25)20-11-6-5-9(24(26)27)7-10(11)15(16,17)18/h5-7H,2-4,8,19H2,1H3,(H,20,25). The van der Waals surface area contributed by atoms with Crippen molar-refractivity contribution in [1.29, 1.82) is 0 Å². The number of thioether (sulfide) groups is 1. The van der Waals surface area contributed by atoms with Crippen LogP contribution in [-0.4, -0.2) is 31.5 Å². The number of carbonyl (C=O) groups excluding carboxylic acids is 1. The van der Waals surface area contributed by atoms with E-state index in [1.165, 1.54) is 4.68 Å². The van der Waals surface area contributed by atoms with E-state index >= 15 is 0 Å². The minimum absolute atomic E-state index is 0.251. The number of halogens is 3. The number of nitrogens with one attached hydrogen (secondary N) is 1. The lowest BCUT2D eigenvalue weighted by Gasteiger charge is -2.13. The predicted molar refractivity (Wildman–Crippen MR) is 96.2 cm³/mol. The first-order chi connectivity index (χ1) is 13.1. The Morgan fingerprint density at radius 3 is 2.71 bits per heavy atom. The molecule has 0 atom stereocenters. The Balaban J connectivity index is 2.07. The van der Waals surface area contributed by atoms with Crippen LogP contribution in [0.25, 0.3) is 0 Å². The van der Waals surface area contributed by atoms with Crippen molar-refractivity contribution in [2.24, 2.45) is 0 Å². The molecular weight excluding hydrogens is 401 g/mol. The predicted octanol–water partition coefficient (Wildman–Crippen LogP) is 2.99. The van der Waals surface area contributed by atoms with Gasteiger partial charge in [-0.2, -0.15) is 13.2 Å². The number of nitro benzene ring substituents is 1. The summed E-state index contributed by atoms with van der Waals surface area (Å²) in [5, 5.41) is 20.8. The van der Waals surface area contributed by atoms with E-state index < -0.39 is 33.9 Å². The van der Waals surface area contributed by atoms with Gasteiger partial charge in [-0.1, -0.05) is 25.1 Å². The van der Waals surface area contributed by atoms with Gasteiger partial charge in [0, 0.05) is 18.6 Å². The molecule has 0 spiro atoms. The smallest absolute Gasteiger partial charge is 0.336 e. The van der Waals surface area contributed by atoms with Crippen LogP contribution in [0.5, 0.6) is 0 Å². The fraction of sp³-hybridized carbons (Fsp3) is 0.400. The van der Waals surface area contributed by atoms with E-state index in [0.29, 0.717) is 18.3 Å². The molecule has 0 aliphatic heterocycles. The lowest BCUT2D eigenvalue weighted by molar-refractivity contribution is -0.385. The van der Waals surface area contributed by atoms with Crippen molar-refractivity contribution in [3.05, 3.63) is 39.7 Å². The molecule has 0 aliphatic rings. The van der Waals surface area contributed by atoms with Crippen LogP contribution in [0, 0.1) is 10.1 Å². The van der Waals surface area contributed by atoms with Gasteiger partial charge in [-0.3, -0.25) is 14.9 Å². The van der Waals surface area contributed by atoms with Crippen molar-refractivity contribution in [3.8, 4) is 0 Å². The van der Waals surface area contributed by atoms with Crippen molar-refractivity contribution < 1.29 is 22.9 Å². The number of aromatic nitrogens is 3. The average Bonchev–Trinajstić information content (AvgIpc) is 2.97. The fourth-order valence-electron chi connectivity index (χ4n) is 2.22. The molecule has 0 unspecified atom stereocenters. The van der Waals surface area contributed by atoms with E-state index in [2.05, 4.69) is 15.5 Å². The van der Waals surface area contributed by atoms with Crippen LogP contribution in [0.1, 0.15) is 31.2 Å². The summed E-state index contributed by atoms with van der Waals surface area (Å²) in [6, 6.07) is 2.10. The second kappa shape index (κ2) is 8.91. The zero-order valence-corrected chi connectivity index (χ0v) is 15.5. The number of non-ortho nitro benzene ring substituents is 1. The highest BCUT2D eigenvalue weighted by Gasteiger charge is 2.35. The van der Waals surface area contributed by atoms with Crippen LogP contribution in [0.2, 0.25) is 0 Å². The second-order valence-corrected chi connectivity index (χ2v) is 6.64. The Morgan fingerprint density at radius 1 is 1.39 bits per heavy atom. The highest BCUT2D eigenvalue weighted by Crippen LogP contribution is 2.37. The van der Waals surface area contributed by atoms with Crippen LogP contribution < -0.4 is 11.2 Å². The van der Waals surface area contributed by atoms with E-state index in [-0.39, 0.29) is 10.9 Å². The van der Waals surface area contributed by atoms with Gasteiger partial charge in [0.2, 0.25) is 11.1 Å². The molecule has 3 N–H and O–H groups in total. The number of amides is 1. The molecule has 0 radical (unpaired) electrons. The van der Waals surface area contributed by atoms with Crippen molar-refractivity contribution in [3.63, 3.8) is 0 Å². The van der Waals surface area contributed by atoms with E-state index in [1.54, 1.807) is 0 Å². The van der Waals surface area contributed by atoms with Crippen molar-refractivity contribution in [1.82, 2.24) is 14.9 Å². The Hall–Kier alpha value is -2.83. The summed E-state index contributed by atoms with van der Waals surface area (Å²) in [5.74, 6) is 5.36. The molecule has 9 nitrogen and oxygen atoms in total. The van der Waals surface area contributed by atoms with Gasteiger partial charge in [0.25, 0.3) is 5.69 Å². The number of alkyl halides is 3. The van der Waals surface area contributed by atoms with Gasteiger partial charge in [0.15, 0.2) is 5.82 Å². The van der Waals surface area contributed by atoms with E-state index in [1.807, 2.05) is 6.92 Å². The number of hydrogen-bond donors (Lipinski definition) is 2. The summed E-state index contributed by atoms with van der Waals surface area (Å²) >= 11 is 0.913.